The quantitative estimate of drug-likeness (QED) is 0.695. The third kappa shape index (κ3) is 3.46. The first-order chi connectivity index (χ1) is 9.29. The van der Waals surface area contributed by atoms with Crippen molar-refractivity contribution >= 4 is 59.2 Å². The molecule has 106 valence electrons. The molecule has 0 unspecified atom stereocenters. The summed E-state index contributed by atoms with van der Waals surface area (Å²) in [6.45, 7) is 0. The van der Waals surface area contributed by atoms with Crippen LogP contribution in [0.15, 0.2) is 50.2 Å². The highest BCUT2D eigenvalue weighted by molar-refractivity contribution is 9.10. The summed E-state index contributed by atoms with van der Waals surface area (Å²) >= 11 is 12.2. The molecule has 0 aliphatic carbocycles. The van der Waals surface area contributed by atoms with Gasteiger partial charge in [-0.1, -0.05) is 27.5 Å². The van der Waals surface area contributed by atoms with Gasteiger partial charge in [-0.3, -0.25) is 4.72 Å². The summed E-state index contributed by atoms with van der Waals surface area (Å²) in [6.07, 6.45) is 0. The molecule has 0 spiro atoms. The molecule has 2 aromatic rings. The molecule has 0 amide bonds. The molecule has 4 nitrogen and oxygen atoms in total. The van der Waals surface area contributed by atoms with E-state index in [0.29, 0.717) is 14.0 Å². The molecular weight excluding hydrogens is 433 g/mol. The van der Waals surface area contributed by atoms with Crippen molar-refractivity contribution in [3.8, 4) is 5.75 Å². The van der Waals surface area contributed by atoms with Crippen molar-refractivity contribution in [3.05, 3.63) is 50.4 Å². The number of rotatable bonds is 3. The van der Waals surface area contributed by atoms with Gasteiger partial charge in [0.25, 0.3) is 10.0 Å². The Morgan fingerprint density at radius 3 is 2.45 bits per heavy atom. The molecule has 0 radical (unpaired) electrons. The smallest absolute Gasteiger partial charge is 0.262 e. The minimum Gasteiger partial charge on any atom is -0.506 e. The summed E-state index contributed by atoms with van der Waals surface area (Å²) in [4.78, 5) is 0.0353. The number of phenolic OH excluding ortho intramolecular Hbond substituents is 1. The van der Waals surface area contributed by atoms with Crippen LogP contribution in [-0.2, 0) is 10.0 Å². The van der Waals surface area contributed by atoms with Gasteiger partial charge in [0.15, 0.2) is 0 Å². The van der Waals surface area contributed by atoms with Gasteiger partial charge in [-0.25, -0.2) is 8.42 Å². The van der Waals surface area contributed by atoms with E-state index in [0.717, 1.165) is 0 Å². The standard InChI is InChI=1S/C12H8Br2ClNO3S/c13-7-1-4-12(17)11(5-7)16-20(18,19)8-2-3-10(15)9(14)6-8/h1-6,16-17H. The van der Waals surface area contributed by atoms with Crippen molar-refractivity contribution in [1.29, 1.82) is 0 Å². The van der Waals surface area contributed by atoms with Crippen LogP contribution in [0.25, 0.3) is 0 Å². The van der Waals surface area contributed by atoms with Crippen LogP contribution in [0.4, 0.5) is 5.69 Å². The van der Waals surface area contributed by atoms with E-state index in [1.165, 1.54) is 30.3 Å². The number of halogens is 3. The predicted octanol–water partition coefficient (Wildman–Crippen LogP) is 4.37. The first kappa shape index (κ1) is 15.6. The Morgan fingerprint density at radius 2 is 1.80 bits per heavy atom. The van der Waals surface area contributed by atoms with Gasteiger partial charge in [-0.15, -0.1) is 0 Å². The van der Waals surface area contributed by atoms with Crippen molar-refractivity contribution in [3.63, 3.8) is 0 Å². The minimum absolute atomic E-state index is 0.0353. The van der Waals surface area contributed by atoms with E-state index in [1.54, 1.807) is 6.07 Å². The second-order valence-electron chi connectivity index (χ2n) is 3.84. The maximum atomic E-state index is 12.2. The van der Waals surface area contributed by atoms with Crippen LogP contribution in [0, 0.1) is 0 Å². The number of phenols is 1. The summed E-state index contributed by atoms with van der Waals surface area (Å²) in [5.74, 6) is -0.162. The lowest BCUT2D eigenvalue weighted by Gasteiger charge is -2.10. The average Bonchev–Trinajstić information content (AvgIpc) is 2.36. The van der Waals surface area contributed by atoms with Crippen molar-refractivity contribution in [2.45, 2.75) is 4.90 Å². The monoisotopic (exact) mass is 439 g/mol. The van der Waals surface area contributed by atoms with Gasteiger partial charge in [0.05, 0.1) is 15.6 Å². The molecule has 8 heteroatoms. The molecule has 0 bridgehead atoms. The molecule has 0 heterocycles. The first-order valence-electron chi connectivity index (χ1n) is 5.26. The normalized spacial score (nSPS) is 11.3. The van der Waals surface area contributed by atoms with Gasteiger partial charge in [-0.05, 0) is 52.3 Å². The van der Waals surface area contributed by atoms with Gasteiger partial charge in [0.2, 0.25) is 0 Å². The first-order valence-corrected chi connectivity index (χ1v) is 8.71. The van der Waals surface area contributed by atoms with Gasteiger partial charge in [0, 0.05) is 8.95 Å². The lowest BCUT2D eigenvalue weighted by atomic mass is 10.3. The van der Waals surface area contributed by atoms with E-state index in [-0.39, 0.29) is 16.3 Å². The second kappa shape index (κ2) is 5.93. The third-order valence-corrected chi connectivity index (χ3v) is 5.47. The zero-order valence-corrected chi connectivity index (χ0v) is 14.5. The number of hydrogen-bond donors (Lipinski definition) is 2. The fourth-order valence-electron chi connectivity index (χ4n) is 1.44. The predicted molar refractivity (Wildman–Crippen MR) is 85.8 cm³/mol. The van der Waals surface area contributed by atoms with Crippen LogP contribution >= 0.6 is 43.5 Å². The van der Waals surface area contributed by atoms with Crippen LogP contribution in [0.2, 0.25) is 5.02 Å². The molecule has 0 fully saturated rings. The zero-order chi connectivity index (χ0) is 14.9. The largest absolute Gasteiger partial charge is 0.506 e. The Kier molecular flexibility index (Phi) is 4.63. The highest BCUT2D eigenvalue weighted by atomic mass is 79.9. The van der Waals surface area contributed by atoms with Crippen molar-refractivity contribution in [2.24, 2.45) is 0 Å². The molecule has 0 aliphatic rings. The van der Waals surface area contributed by atoms with Crippen molar-refractivity contribution in [2.75, 3.05) is 4.72 Å². The molecule has 0 saturated carbocycles. The van der Waals surface area contributed by atoms with Crippen LogP contribution in [-0.4, -0.2) is 13.5 Å². The summed E-state index contributed by atoms with van der Waals surface area (Å²) in [5, 5.41) is 10.1. The fraction of sp³-hybridized carbons (Fsp3) is 0. The number of aromatic hydroxyl groups is 1. The SMILES string of the molecule is O=S(=O)(Nc1cc(Br)ccc1O)c1ccc(Cl)c(Br)c1. The lowest BCUT2D eigenvalue weighted by Crippen LogP contribution is -2.13. The summed E-state index contributed by atoms with van der Waals surface area (Å²) in [5.41, 5.74) is 0.0884. The molecule has 0 saturated heterocycles. The van der Waals surface area contributed by atoms with E-state index in [4.69, 9.17) is 11.6 Å². The summed E-state index contributed by atoms with van der Waals surface area (Å²) in [6, 6.07) is 8.70. The van der Waals surface area contributed by atoms with E-state index in [1.807, 2.05) is 0 Å². The minimum atomic E-state index is -3.81. The zero-order valence-electron chi connectivity index (χ0n) is 9.77. The van der Waals surface area contributed by atoms with Crippen LogP contribution in [0.5, 0.6) is 5.75 Å². The second-order valence-corrected chi connectivity index (χ2v) is 7.70. The van der Waals surface area contributed by atoms with Gasteiger partial charge < -0.3 is 5.11 Å². The molecule has 2 rings (SSSR count). The van der Waals surface area contributed by atoms with Gasteiger partial charge in [-0.2, -0.15) is 0 Å². The van der Waals surface area contributed by atoms with E-state index in [2.05, 4.69) is 36.6 Å². The molecular formula is C12H8Br2ClNO3S. The van der Waals surface area contributed by atoms with Crippen LogP contribution in [0.3, 0.4) is 0 Å². The molecule has 0 aromatic heterocycles. The van der Waals surface area contributed by atoms with Gasteiger partial charge >= 0.3 is 0 Å². The maximum absolute atomic E-state index is 12.2. The van der Waals surface area contributed by atoms with Gasteiger partial charge in [0.1, 0.15) is 5.75 Å². The number of nitrogens with one attached hydrogen (secondary N) is 1. The van der Waals surface area contributed by atoms with E-state index in [9.17, 15) is 13.5 Å². The summed E-state index contributed by atoms with van der Waals surface area (Å²) in [7, 11) is -3.81. The molecule has 2 aromatic carbocycles. The Labute approximate surface area is 138 Å². The third-order valence-electron chi connectivity index (χ3n) is 2.40. The number of hydrogen-bond acceptors (Lipinski definition) is 3. The Morgan fingerprint density at radius 1 is 1.10 bits per heavy atom. The number of anilines is 1. The highest BCUT2D eigenvalue weighted by Gasteiger charge is 2.17. The van der Waals surface area contributed by atoms with Crippen LogP contribution < -0.4 is 4.72 Å². The lowest BCUT2D eigenvalue weighted by molar-refractivity contribution is 0.477. The van der Waals surface area contributed by atoms with Crippen LogP contribution in [0.1, 0.15) is 0 Å². The molecule has 0 aliphatic heterocycles. The number of sulfonamides is 1. The van der Waals surface area contributed by atoms with E-state index < -0.39 is 10.0 Å². The Hall–Kier alpha value is -0.760. The Bertz CT molecular complexity index is 765. The topological polar surface area (TPSA) is 66.4 Å². The molecule has 0 atom stereocenters. The maximum Gasteiger partial charge on any atom is 0.262 e. The fourth-order valence-corrected chi connectivity index (χ4v) is 3.54. The van der Waals surface area contributed by atoms with E-state index >= 15 is 0 Å². The molecule has 20 heavy (non-hydrogen) atoms. The summed E-state index contributed by atoms with van der Waals surface area (Å²) < 4.78 is 27.9. The Balaban J connectivity index is 2.40. The van der Waals surface area contributed by atoms with Crippen molar-refractivity contribution in [1.82, 2.24) is 0 Å². The average molecular weight is 442 g/mol. The van der Waals surface area contributed by atoms with Crippen molar-refractivity contribution < 1.29 is 13.5 Å². The molecule has 2 N–H and O–H groups in total. The highest BCUT2D eigenvalue weighted by Crippen LogP contribution is 2.30. The number of benzene rings is 2.